The van der Waals surface area contributed by atoms with Crippen LogP contribution in [0.15, 0.2) is 30.7 Å². The Morgan fingerprint density at radius 1 is 1.16 bits per heavy atom. The molecule has 0 aliphatic carbocycles. The van der Waals surface area contributed by atoms with E-state index in [0.717, 1.165) is 43.0 Å². The molecule has 5 rings (SSSR count). The minimum Gasteiger partial charge on any atom is -0.451 e. The van der Waals surface area contributed by atoms with E-state index in [1.807, 2.05) is 4.90 Å². The summed E-state index contributed by atoms with van der Waals surface area (Å²) in [6.45, 7) is 9.15. The van der Waals surface area contributed by atoms with Crippen molar-refractivity contribution in [1.29, 1.82) is 0 Å². The Morgan fingerprint density at radius 3 is 2.49 bits per heavy atom. The van der Waals surface area contributed by atoms with Crippen LogP contribution < -0.4 is 19.1 Å². The number of halogens is 3. The SMILES string of the molecule is CC(C)NS(=O)(=O)N[C@@H]1CC[C@](O)(CN2CCC3(CC2)CN(c2ncncc2Oc2ccc(F)cc2C(=O)N(CC(F)F)C(C)C)C3)OC1. The summed E-state index contributed by atoms with van der Waals surface area (Å²) in [6.07, 6.45) is 2.57. The third kappa shape index (κ3) is 9.38. The highest BCUT2D eigenvalue weighted by Gasteiger charge is 2.47. The first-order valence-electron chi connectivity index (χ1n) is 16.6. The van der Waals surface area contributed by atoms with Gasteiger partial charge >= 0.3 is 0 Å². The van der Waals surface area contributed by atoms with Crippen LogP contribution in [0.3, 0.4) is 0 Å². The van der Waals surface area contributed by atoms with E-state index in [4.69, 9.17) is 9.47 Å². The first kappa shape index (κ1) is 37.2. The summed E-state index contributed by atoms with van der Waals surface area (Å²) < 4.78 is 82.1. The molecule has 3 saturated heterocycles. The van der Waals surface area contributed by atoms with Crippen LogP contribution >= 0.6 is 0 Å². The lowest BCUT2D eigenvalue weighted by atomic mass is 9.72. The third-order valence-electron chi connectivity index (χ3n) is 9.16. The number of β-amino-alcohol motifs (C(OH)–C–C–N with tert-alkyl or cyclic N) is 1. The van der Waals surface area contributed by atoms with E-state index in [-0.39, 0.29) is 35.1 Å². The van der Waals surface area contributed by atoms with E-state index in [0.29, 0.717) is 38.3 Å². The molecule has 17 heteroatoms. The fourth-order valence-corrected chi connectivity index (χ4v) is 8.00. The Kier molecular flexibility index (Phi) is 11.4. The molecule has 3 aliphatic rings. The standard InChI is InChI=1S/C32H46F3N7O6S/c1-21(2)38-49(45,46)39-24-7-8-32(44,47-16-24)19-40-11-9-31(10-12-40)17-41(18-31)29-27(14-36-20-37-29)48-26-6-5-23(33)13-25(26)30(43)42(22(3)4)15-28(34)35/h5-6,13-14,20-22,24,28,38-39,44H,7-12,15-19H2,1-4H3/t24-,32-/m1/s1. The van der Waals surface area contributed by atoms with E-state index < -0.39 is 52.8 Å². The van der Waals surface area contributed by atoms with Gasteiger partial charge in [-0.25, -0.2) is 23.1 Å². The molecule has 49 heavy (non-hydrogen) atoms. The maximum atomic E-state index is 14.3. The Hall–Kier alpha value is -3.09. The number of aromatic nitrogens is 2. The lowest BCUT2D eigenvalue weighted by Gasteiger charge is -2.55. The highest BCUT2D eigenvalue weighted by Crippen LogP contribution is 2.45. The predicted molar refractivity (Wildman–Crippen MR) is 175 cm³/mol. The van der Waals surface area contributed by atoms with Gasteiger partial charge in [-0.3, -0.25) is 9.69 Å². The van der Waals surface area contributed by atoms with Crippen LogP contribution in [0, 0.1) is 11.2 Å². The highest BCUT2D eigenvalue weighted by molar-refractivity contribution is 7.87. The zero-order chi connectivity index (χ0) is 35.6. The lowest BCUT2D eigenvalue weighted by Crippen LogP contribution is -2.62. The molecule has 0 bridgehead atoms. The van der Waals surface area contributed by atoms with E-state index in [1.165, 1.54) is 18.6 Å². The normalized spacial score (nSPS) is 22.9. The summed E-state index contributed by atoms with van der Waals surface area (Å²) in [4.78, 5) is 27.0. The van der Waals surface area contributed by atoms with E-state index in [1.54, 1.807) is 27.7 Å². The first-order chi connectivity index (χ1) is 23.1. The second kappa shape index (κ2) is 15.0. The van der Waals surface area contributed by atoms with Gasteiger partial charge in [-0.15, -0.1) is 0 Å². The van der Waals surface area contributed by atoms with Crippen molar-refractivity contribution in [3.63, 3.8) is 0 Å². The molecule has 272 valence electrons. The number of hydrogen-bond donors (Lipinski definition) is 3. The number of nitrogens with zero attached hydrogens (tertiary/aromatic N) is 5. The molecule has 1 aromatic carbocycles. The molecule has 1 spiro atoms. The molecule has 0 unspecified atom stereocenters. The summed E-state index contributed by atoms with van der Waals surface area (Å²) in [7, 11) is -3.66. The quantitative estimate of drug-likeness (QED) is 0.283. The number of carbonyl (C=O) groups excluding carboxylic acids is 1. The van der Waals surface area contributed by atoms with Gasteiger partial charge in [-0.1, -0.05) is 0 Å². The van der Waals surface area contributed by atoms with Crippen LogP contribution in [0.1, 0.15) is 63.7 Å². The zero-order valence-corrected chi connectivity index (χ0v) is 29.1. The van der Waals surface area contributed by atoms with Gasteiger partial charge in [-0.05, 0) is 78.2 Å². The number of carbonyl (C=O) groups is 1. The molecule has 2 aromatic rings. The van der Waals surface area contributed by atoms with Crippen LogP contribution in [0.4, 0.5) is 19.0 Å². The summed E-state index contributed by atoms with van der Waals surface area (Å²) in [5.41, 5.74) is -0.161. The number of ether oxygens (including phenoxy) is 2. The zero-order valence-electron chi connectivity index (χ0n) is 28.2. The molecule has 0 radical (unpaired) electrons. The molecule has 0 saturated carbocycles. The Morgan fingerprint density at radius 2 is 1.88 bits per heavy atom. The summed E-state index contributed by atoms with van der Waals surface area (Å²) in [6, 6.07) is 2.19. The minimum atomic E-state index is -3.66. The topological polar surface area (TPSA) is 149 Å². The van der Waals surface area contributed by atoms with Crippen LogP contribution in [0.2, 0.25) is 0 Å². The van der Waals surface area contributed by atoms with Gasteiger partial charge in [0.15, 0.2) is 17.4 Å². The third-order valence-corrected chi connectivity index (χ3v) is 10.6. The number of anilines is 1. The molecule has 3 aliphatic heterocycles. The van der Waals surface area contributed by atoms with Gasteiger partial charge < -0.3 is 24.4 Å². The number of likely N-dealkylation sites (tertiary alicyclic amines) is 1. The average molecular weight is 714 g/mol. The van der Waals surface area contributed by atoms with Crippen molar-refractivity contribution in [2.24, 2.45) is 5.41 Å². The van der Waals surface area contributed by atoms with Crippen molar-refractivity contribution in [1.82, 2.24) is 29.2 Å². The molecule has 13 nitrogen and oxygen atoms in total. The minimum absolute atomic E-state index is 0.00438. The molecule has 3 fully saturated rings. The number of amides is 1. The van der Waals surface area contributed by atoms with Crippen LogP contribution in [-0.2, 0) is 14.9 Å². The molecule has 4 heterocycles. The molecular formula is C32H46F3N7O6S. The second-order valence-electron chi connectivity index (χ2n) is 13.9. The number of aliphatic hydroxyl groups is 1. The largest absolute Gasteiger partial charge is 0.451 e. The predicted octanol–water partition coefficient (Wildman–Crippen LogP) is 3.13. The Bertz CT molecular complexity index is 1560. The van der Waals surface area contributed by atoms with Gasteiger partial charge in [0, 0.05) is 43.1 Å². The second-order valence-corrected chi connectivity index (χ2v) is 15.4. The number of alkyl halides is 2. The molecule has 2 atom stereocenters. The maximum absolute atomic E-state index is 14.3. The fourth-order valence-electron chi connectivity index (χ4n) is 6.69. The van der Waals surface area contributed by atoms with E-state index in [2.05, 4.69) is 24.3 Å². The van der Waals surface area contributed by atoms with Crippen molar-refractivity contribution in [3.05, 3.63) is 42.1 Å². The molecule has 1 amide bonds. The average Bonchev–Trinajstić information content (AvgIpc) is 3.00. The van der Waals surface area contributed by atoms with E-state index >= 15 is 0 Å². The molecule has 1 aromatic heterocycles. The van der Waals surface area contributed by atoms with E-state index in [9.17, 15) is 31.5 Å². The number of piperidine rings is 1. The number of rotatable bonds is 13. The van der Waals surface area contributed by atoms with Gasteiger partial charge in [0.25, 0.3) is 22.5 Å². The number of benzene rings is 1. The number of nitrogens with one attached hydrogen (secondary N) is 2. The van der Waals surface area contributed by atoms with Gasteiger partial charge in [0.2, 0.25) is 0 Å². The Labute approximate surface area is 285 Å². The van der Waals surface area contributed by atoms with Crippen LogP contribution in [0.5, 0.6) is 11.5 Å². The number of hydrogen-bond acceptors (Lipinski definition) is 10. The fraction of sp³-hybridized carbons (Fsp3) is 0.656. The summed E-state index contributed by atoms with van der Waals surface area (Å²) >= 11 is 0. The van der Waals surface area contributed by atoms with Gasteiger partial charge in [0.1, 0.15) is 17.9 Å². The van der Waals surface area contributed by atoms with Crippen molar-refractivity contribution in [3.8, 4) is 11.5 Å². The summed E-state index contributed by atoms with van der Waals surface area (Å²) in [5.74, 6) is -2.08. The molecular weight excluding hydrogens is 667 g/mol. The lowest BCUT2D eigenvalue weighted by molar-refractivity contribution is -0.239. The van der Waals surface area contributed by atoms with Crippen molar-refractivity contribution in [2.75, 3.05) is 50.8 Å². The van der Waals surface area contributed by atoms with Gasteiger partial charge in [-0.2, -0.15) is 17.9 Å². The van der Waals surface area contributed by atoms with Crippen molar-refractivity contribution >= 4 is 21.9 Å². The summed E-state index contributed by atoms with van der Waals surface area (Å²) in [5, 5.41) is 11.1. The maximum Gasteiger partial charge on any atom is 0.277 e. The van der Waals surface area contributed by atoms with Gasteiger partial charge in [0.05, 0.1) is 31.5 Å². The van der Waals surface area contributed by atoms with Crippen molar-refractivity contribution in [2.45, 2.75) is 83.7 Å². The van der Waals surface area contributed by atoms with Crippen LogP contribution in [-0.4, -0.2) is 115 Å². The Balaban J connectivity index is 1.16. The first-order valence-corrected chi connectivity index (χ1v) is 18.0. The van der Waals surface area contributed by atoms with Crippen molar-refractivity contribution < 1.29 is 41.0 Å². The smallest absolute Gasteiger partial charge is 0.277 e. The molecule has 3 N–H and O–H groups in total. The highest BCUT2D eigenvalue weighted by atomic mass is 32.2. The van der Waals surface area contributed by atoms with Crippen LogP contribution in [0.25, 0.3) is 0 Å². The monoisotopic (exact) mass is 713 g/mol.